The SMILES string of the molecule is OCCCCCCCC1OCCCO1. The lowest BCUT2D eigenvalue weighted by Crippen LogP contribution is -2.24. The lowest BCUT2D eigenvalue weighted by molar-refractivity contribution is -0.181. The first kappa shape index (κ1) is 12.0. The van der Waals surface area contributed by atoms with Crippen molar-refractivity contribution in [1.82, 2.24) is 0 Å². The maximum atomic E-state index is 8.59. The predicted molar refractivity (Wildman–Crippen MR) is 55.1 cm³/mol. The minimum Gasteiger partial charge on any atom is -0.396 e. The molecule has 1 N–H and O–H groups in total. The van der Waals surface area contributed by atoms with E-state index in [9.17, 15) is 0 Å². The molecule has 1 heterocycles. The summed E-state index contributed by atoms with van der Waals surface area (Å²) in [4.78, 5) is 0. The number of aliphatic hydroxyl groups is 1. The molecule has 0 amide bonds. The molecule has 0 aromatic rings. The van der Waals surface area contributed by atoms with Crippen molar-refractivity contribution in [2.75, 3.05) is 19.8 Å². The molecule has 0 aromatic carbocycles. The standard InChI is InChI=1S/C11H22O3/c12-8-5-3-1-2-4-7-11-13-9-6-10-14-11/h11-12H,1-10H2. The van der Waals surface area contributed by atoms with Crippen LogP contribution in [0, 0.1) is 0 Å². The van der Waals surface area contributed by atoms with Gasteiger partial charge in [0.15, 0.2) is 6.29 Å². The van der Waals surface area contributed by atoms with Crippen molar-refractivity contribution < 1.29 is 14.6 Å². The zero-order chi connectivity index (χ0) is 10.1. The third-order valence-corrected chi connectivity index (χ3v) is 2.49. The zero-order valence-corrected chi connectivity index (χ0v) is 8.91. The van der Waals surface area contributed by atoms with E-state index in [-0.39, 0.29) is 6.29 Å². The molecule has 1 saturated heterocycles. The van der Waals surface area contributed by atoms with Crippen molar-refractivity contribution in [3.05, 3.63) is 0 Å². The van der Waals surface area contributed by atoms with Crippen molar-refractivity contribution in [2.24, 2.45) is 0 Å². The summed E-state index contributed by atoms with van der Waals surface area (Å²) in [6.07, 6.45) is 7.82. The lowest BCUT2D eigenvalue weighted by Gasteiger charge is -2.22. The second-order valence-electron chi connectivity index (χ2n) is 3.80. The fraction of sp³-hybridized carbons (Fsp3) is 1.00. The van der Waals surface area contributed by atoms with E-state index in [1.54, 1.807) is 0 Å². The molecular formula is C11H22O3. The van der Waals surface area contributed by atoms with Gasteiger partial charge in [0.05, 0.1) is 13.2 Å². The summed E-state index contributed by atoms with van der Waals surface area (Å²) in [5, 5.41) is 8.59. The molecular weight excluding hydrogens is 180 g/mol. The molecule has 1 fully saturated rings. The van der Waals surface area contributed by atoms with Crippen molar-refractivity contribution in [3.63, 3.8) is 0 Å². The number of ether oxygens (including phenoxy) is 2. The quantitative estimate of drug-likeness (QED) is 0.642. The Morgan fingerprint density at radius 2 is 1.57 bits per heavy atom. The summed E-state index contributed by atoms with van der Waals surface area (Å²) in [6.45, 7) is 2.04. The maximum absolute atomic E-state index is 8.59. The maximum Gasteiger partial charge on any atom is 0.157 e. The predicted octanol–water partition coefficient (Wildman–Crippen LogP) is 2.08. The molecule has 14 heavy (non-hydrogen) atoms. The van der Waals surface area contributed by atoms with Crippen molar-refractivity contribution in [2.45, 2.75) is 51.2 Å². The molecule has 0 saturated carbocycles. The van der Waals surface area contributed by atoms with E-state index < -0.39 is 0 Å². The third-order valence-electron chi connectivity index (χ3n) is 2.49. The van der Waals surface area contributed by atoms with E-state index in [4.69, 9.17) is 14.6 Å². The van der Waals surface area contributed by atoms with Gasteiger partial charge in [-0.3, -0.25) is 0 Å². The normalized spacial score (nSPS) is 18.6. The second kappa shape index (κ2) is 8.21. The fourth-order valence-electron chi connectivity index (χ4n) is 1.66. The van der Waals surface area contributed by atoms with E-state index in [2.05, 4.69) is 0 Å². The van der Waals surface area contributed by atoms with Crippen molar-refractivity contribution in [1.29, 1.82) is 0 Å². The van der Waals surface area contributed by atoms with Gasteiger partial charge in [-0.1, -0.05) is 19.3 Å². The average molecular weight is 202 g/mol. The number of aliphatic hydroxyl groups excluding tert-OH is 1. The molecule has 0 spiro atoms. The van der Waals surface area contributed by atoms with Gasteiger partial charge in [0.25, 0.3) is 0 Å². The zero-order valence-electron chi connectivity index (χ0n) is 8.91. The minimum atomic E-state index is 0.0570. The Labute approximate surface area is 86.4 Å². The van der Waals surface area contributed by atoms with Crippen LogP contribution in [-0.2, 0) is 9.47 Å². The minimum absolute atomic E-state index is 0.0570. The topological polar surface area (TPSA) is 38.7 Å². The molecule has 0 atom stereocenters. The first-order valence-corrected chi connectivity index (χ1v) is 5.77. The van der Waals surface area contributed by atoms with E-state index in [0.29, 0.717) is 6.61 Å². The molecule has 0 radical (unpaired) electrons. The van der Waals surface area contributed by atoms with Crippen molar-refractivity contribution >= 4 is 0 Å². The molecule has 3 nitrogen and oxygen atoms in total. The summed E-state index contributed by atoms with van der Waals surface area (Å²) >= 11 is 0. The largest absolute Gasteiger partial charge is 0.396 e. The molecule has 3 heteroatoms. The highest BCUT2D eigenvalue weighted by Gasteiger charge is 2.12. The summed E-state index contributed by atoms with van der Waals surface area (Å²) in [7, 11) is 0. The fourth-order valence-corrected chi connectivity index (χ4v) is 1.66. The highest BCUT2D eigenvalue weighted by molar-refractivity contribution is 4.53. The van der Waals surface area contributed by atoms with E-state index in [1.165, 1.54) is 19.3 Å². The number of rotatable bonds is 7. The molecule has 1 aliphatic rings. The second-order valence-corrected chi connectivity index (χ2v) is 3.80. The Bertz CT molecular complexity index is 122. The van der Waals surface area contributed by atoms with Crippen LogP contribution >= 0.6 is 0 Å². The van der Waals surface area contributed by atoms with Gasteiger partial charge < -0.3 is 14.6 Å². The third kappa shape index (κ3) is 5.58. The van der Waals surface area contributed by atoms with Gasteiger partial charge in [-0.15, -0.1) is 0 Å². The molecule has 0 bridgehead atoms. The summed E-state index contributed by atoms with van der Waals surface area (Å²) in [6, 6.07) is 0. The number of hydrogen-bond acceptors (Lipinski definition) is 3. The van der Waals surface area contributed by atoms with Crippen LogP contribution in [0.3, 0.4) is 0 Å². The lowest BCUT2D eigenvalue weighted by atomic mass is 10.1. The first-order chi connectivity index (χ1) is 6.93. The van der Waals surface area contributed by atoms with Gasteiger partial charge >= 0.3 is 0 Å². The van der Waals surface area contributed by atoms with Crippen LogP contribution in [-0.4, -0.2) is 31.2 Å². The molecule has 0 unspecified atom stereocenters. The van der Waals surface area contributed by atoms with Crippen molar-refractivity contribution in [3.8, 4) is 0 Å². The Balaban J connectivity index is 1.82. The van der Waals surface area contributed by atoms with Gasteiger partial charge in [-0.2, -0.15) is 0 Å². The molecule has 84 valence electrons. The average Bonchev–Trinajstić information content (AvgIpc) is 2.25. The van der Waals surface area contributed by atoms with E-state index in [0.717, 1.165) is 38.9 Å². The van der Waals surface area contributed by atoms with Crippen LogP contribution in [0.5, 0.6) is 0 Å². The smallest absolute Gasteiger partial charge is 0.157 e. The molecule has 1 aliphatic heterocycles. The van der Waals surface area contributed by atoms with Crippen LogP contribution in [0.4, 0.5) is 0 Å². The van der Waals surface area contributed by atoms with Gasteiger partial charge in [0.2, 0.25) is 0 Å². The van der Waals surface area contributed by atoms with Crippen LogP contribution in [0.15, 0.2) is 0 Å². The van der Waals surface area contributed by atoms with Gasteiger partial charge in [0, 0.05) is 6.61 Å². The van der Waals surface area contributed by atoms with Gasteiger partial charge in [-0.05, 0) is 25.7 Å². The highest BCUT2D eigenvalue weighted by Crippen LogP contribution is 2.13. The summed E-state index contributed by atoms with van der Waals surface area (Å²) in [5.74, 6) is 0. The monoisotopic (exact) mass is 202 g/mol. The number of unbranched alkanes of at least 4 members (excludes halogenated alkanes) is 4. The van der Waals surface area contributed by atoms with Gasteiger partial charge in [0.1, 0.15) is 0 Å². The Kier molecular flexibility index (Phi) is 7.01. The summed E-state index contributed by atoms with van der Waals surface area (Å²) in [5.41, 5.74) is 0. The van der Waals surface area contributed by atoms with Crippen LogP contribution in [0.25, 0.3) is 0 Å². The molecule has 0 aromatic heterocycles. The van der Waals surface area contributed by atoms with Crippen LogP contribution in [0.2, 0.25) is 0 Å². The Hall–Kier alpha value is -0.120. The van der Waals surface area contributed by atoms with E-state index >= 15 is 0 Å². The van der Waals surface area contributed by atoms with E-state index in [1.807, 2.05) is 0 Å². The van der Waals surface area contributed by atoms with Crippen LogP contribution < -0.4 is 0 Å². The first-order valence-electron chi connectivity index (χ1n) is 5.77. The highest BCUT2D eigenvalue weighted by atomic mass is 16.7. The molecule has 1 rings (SSSR count). The molecule has 0 aliphatic carbocycles. The number of hydrogen-bond donors (Lipinski definition) is 1. The van der Waals surface area contributed by atoms with Gasteiger partial charge in [-0.25, -0.2) is 0 Å². The Morgan fingerprint density at radius 3 is 2.29 bits per heavy atom. The Morgan fingerprint density at radius 1 is 0.929 bits per heavy atom. The van der Waals surface area contributed by atoms with Crippen LogP contribution in [0.1, 0.15) is 44.9 Å². The summed E-state index contributed by atoms with van der Waals surface area (Å²) < 4.78 is 10.9.